The Kier molecular flexibility index (Phi) is 3.80. The highest BCUT2D eigenvalue weighted by Crippen LogP contribution is 2.32. The van der Waals surface area contributed by atoms with Crippen molar-refractivity contribution < 1.29 is 0 Å². The largest absolute Gasteiger partial charge is 0.192 e. The molecule has 0 fully saturated rings. The summed E-state index contributed by atoms with van der Waals surface area (Å²) in [5.74, 6) is 0. The molecule has 4 nitrogen and oxygen atoms in total. The van der Waals surface area contributed by atoms with Gasteiger partial charge in [0, 0.05) is 30.6 Å². The van der Waals surface area contributed by atoms with Crippen molar-refractivity contribution in [2.75, 3.05) is 0 Å². The molecule has 4 aromatic rings. The molecule has 27 heavy (non-hydrogen) atoms. The van der Waals surface area contributed by atoms with Gasteiger partial charge in [0.2, 0.25) is 0 Å². The number of benzene rings is 3. The van der Waals surface area contributed by atoms with Gasteiger partial charge in [0.25, 0.3) is 0 Å². The molecule has 0 amide bonds. The number of nitrogens with zero attached hydrogens (tertiary/aromatic N) is 4. The molecule has 122 valence electrons. The molecule has 4 rings (SSSR count). The Labute approximate surface area is 157 Å². The minimum atomic E-state index is 0.0155. The minimum Gasteiger partial charge on any atom is -0.192 e. The average molecular weight is 360 g/mol. The van der Waals surface area contributed by atoms with E-state index in [4.69, 9.17) is 0 Å². The van der Waals surface area contributed by atoms with Gasteiger partial charge >= 0.3 is 0 Å². The smallest absolute Gasteiger partial charge is 0.138 e. The van der Waals surface area contributed by atoms with E-state index in [1.807, 2.05) is 72.8 Å². The van der Waals surface area contributed by atoms with Crippen molar-refractivity contribution in [1.29, 1.82) is 21.0 Å². The van der Waals surface area contributed by atoms with Gasteiger partial charge in [0.1, 0.15) is 35.4 Å². The lowest BCUT2D eigenvalue weighted by atomic mass is 9.96. The summed E-state index contributed by atoms with van der Waals surface area (Å²) in [5, 5.41) is 42.3. The van der Waals surface area contributed by atoms with Gasteiger partial charge in [-0.3, -0.25) is 0 Å². The molecule has 0 N–H and O–H groups in total. The summed E-state index contributed by atoms with van der Waals surface area (Å²) in [6, 6.07) is 23.0. The summed E-state index contributed by atoms with van der Waals surface area (Å²) in [7, 11) is 0. The Morgan fingerprint density at radius 1 is 0.630 bits per heavy atom. The lowest BCUT2D eigenvalue weighted by molar-refractivity contribution is 1.50. The molecule has 0 saturated heterocycles. The van der Waals surface area contributed by atoms with E-state index in [2.05, 4.69) is 0 Å². The van der Waals surface area contributed by atoms with Gasteiger partial charge in [-0.1, -0.05) is 42.5 Å². The van der Waals surface area contributed by atoms with Gasteiger partial charge < -0.3 is 0 Å². The van der Waals surface area contributed by atoms with Gasteiger partial charge in [0.15, 0.2) is 0 Å². The van der Waals surface area contributed by atoms with E-state index in [9.17, 15) is 21.0 Å². The van der Waals surface area contributed by atoms with E-state index in [0.717, 1.165) is 20.2 Å². The zero-order valence-electron chi connectivity index (χ0n) is 13.8. The predicted molar refractivity (Wildman–Crippen MR) is 105 cm³/mol. The molecule has 1 aromatic heterocycles. The first-order chi connectivity index (χ1) is 13.2. The van der Waals surface area contributed by atoms with Crippen LogP contribution in [0, 0.1) is 45.3 Å². The van der Waals surface area contributed by atoms with Crippen LogP contribution in [-0.2, 0) is 0 Å². The zero-order chi connectivity index (χ0) is 19.0. The topological polar surface area (TPSA) is 95.2 Å². The summed E-state index contributed by atoms with van der Waals surface area (Å²) in [6.07, 6.45) is 0. The first kappa shape index (κ1) is 16.3. The third-order valence-corrected chi connectivity index (χ3v) is 5.67. The van der Waals surface area contributed by atoms with Crippen LogP contribution in [0.25, 0.3) is 42.1 Å². The van der Waals surface area contributed by atoms with E-state index in [1.165, 1.54) is 11.3 Å². The Balaban J connectivity index is 2.63. The number of hydrogen-bond acceptors (Lipinski definition) is 5. The number of nitriles is 4. The van der Waals surface area contributed by atoms with Gasteiger partial charge in [-0.15, -0.1) is 11.3 Å². The van der Waals surface area contributed by atoms with Crippen LogP contribution < -0.4 is 10.4 Å². The summed E-state index contributed by atoms with van der Waals surface area (Å²) < 4.78 is 1.71. The maximum atomic E-state index is 9.56. The maximum absolute atomic E-state index is 9.56. The van der Waals surface area contributed by atoms with Gasteiger partial charge in [-0.2, -0.15) is 21.0 Å². The minimum absolute atomic E-state index is 0.0155. The number of hydrogen-bond donors (Lipinski definition) is 0. The number of fused-ring (bicyclic) bond motifs is 4. The number of rotatable bonds is 0. The molecule has 0 saturated carbocycles. The van der Waals surface area contributed by atoms with E-state index in [1.54, 1.807) is 0 Å². The molecule has 0 aliphatic carbocycles. The van der Waals surface area contributed by atoms with Crippen molar-refractivity contribution >= 4 is 53.4 Å². The first-order valence-electron chi connectivity index (χ1n) is 7.96. The Hall–Kier alpha value is -4.16. The highest BCUT2D eigenvalue weighted by Gasteiger charge is 2.16. The van der Waals surface area contributed by atoms with Crippen LogP contribution in [0.2, 0.25) is 0 Å². The molecule has 0 aliphatic rings. The predicted octanol–water partition coefficient (Wildman–Crippen LogP) is 3.60. The quantitative estimate of drug-likeness (QED) is 0.479. The molecule has 0 atom stereocenters. The van der Waals surface area contributed by atoms with Crippen molar-refractivity contribution in [3.05, 3.63) is 59.0 Å². The Morgan fingerprint density at radius 3 is 1.70 bits per heavy atom. The highest BCUT2D eigenvalue weighted by atomic mass is 32.1. The monoisotopic (exact) mass is 360 g/mol. The Morgan fingerprint density at radius 2 is 1.11 bits per heavy atom. The van der Waals surface area contributed by atoms with Crippen molar-refractivity contribution in [3.8, 4) is 24.3 Å². The Bertz CT molecular complexity index is 1530. The summed E-state index contributed by atoms with van der Waals surface area (Å²) in [4.78, 5) is 0. The lowest BCUT2D eigenvalue weighted by Gasteiger charge is -2.05. The molecule has 0 unspecified atom stereocenters. The molecule has 1 heterocycles. The fraction of sp³-hybridized carbons (Fsp3) is 0. The lowest BCUT2D eigenvalue weighted by Crippen LogP contribution is -2.17. The maximum Gasteiger partial charge on any atom is 0.138 e. The summed E-state index contributed by atoms with van der Waals surface area (Å²) >= 11 is 1.46. The van der Waals surface area contributed by atoms with Crippen LogP contribution >= 0.6 is 11.3 Å². The molecule has 0 bridgehead atoms. The van der Waals surface area contributed by atoms with Crippen LogP contribution in [0.3, 0.4) is 0 Å². The second kappa shape index (κ2) is 6.29. The van der Waals surface area contributed by atoms with E-state index in [0.29, 0.717) is 21.2 Å². The van der Waals surface area contributed by atoms with Crippen LogP contribution in [0.15, 0.2) is 48.5 Å². The van der Waals surface area contributed by atoms with Crippen LogP contribution in [0.1, 0.15) is 0 Å². The molecular weight excluding hydrogens is 352 g/mol. The second-order valence-corrected chi connectivity index (χ2v) is 6.85. The summed E-state index contributed by atoms with van der Waals surface area (Å²) in [5.41, 5.74) is 0.0338. The van der Waals surface area contributed by atoms with E-state index < -0.39 is 0 Å². The van der Waals surface area contributed by atoms with Crippen molar-refractivity contribution in [1.82, 2.24) is 0 Å². The molecular formula is C22H8N4S. The molecule has 0 radical (unpaired) electrons. The van der Waals surface area contributed by atoms with E-state index in [-0.39, 0.29) is 11.1 Å². The zero-order valence-corrected chi connectivity index (χ0v) is 14.6. The van der Waals surface area contributed by atoms with Gasteiger partial charge in [-0.25, -0.2) is 0 Å². The molecule has 0 aliphatic heterocycles. The average Bonchev–Trinajstić information content (AvgIpc) is 3.09. The van der Waals surface area contributed by atoms with E-state index >= 15 is 0 Å². The van der Waals surface area contributed by atoms with Crippen LogP contribution in [-0.4, -0.2) is 0 Å². The van der Waals surface area contributed by atoms with Crippen LogP contribution in [0.4, 0.5) is 0 Å². The molecule has 3 aromatic carbocycles. The highest BCUT2D eigenvalue weighted by molar-refractivity contribution is 7.25. The second-order valence-electron chi connectivity index (χ2n) is 5.80. The fourth-order valence-electron chi connectivity index (χ4n) is 3.43. The number of thiophene rings is 1. The molecule has 0 spiro atoms. The van der Waals surface area contributed by atoms with Crippen molar-refractivity contribution in [2.45, 2.75) is 0 Å². The fourth-order valence-corrected chi connectivity index (χ4v) is 4.70. The van der Waals surface area contributed by atoms with Gasteiger partial charge in [-0.05, 0) is 16.8 Å². The van der Waals surface area contributed by atoms with Crippen molar-refractivity contribution in [3.63, 3.8) is 0 Å². The third-order valence-electron chi connectivity index (χ3n) is 4.49. The van der Waals surface area contributed by atoms with Crippen LogP contribution in [0.5, 0.6) is 0 Å². The van der Waals surface area contributed by atoms with Gasteiger partial charge in [0.05, 0.1) is 0 Å². The third kappa shape index (κ3) is 2.25. The SMILES string of the molecule is N#CC(C#N)=c1c2ccccc2c(=C(C#N)C#N)c2c1sc1ccccc12. The standard InChI is InChI=1S/C22H8N4S/c23-9-13(10-24)19-15-5-1-2-6-16(15)20(14(11-25)12-26)22-21(19)17-7-3-4-8-18(17)27-22/h1-8H. The molecule has 5 heteroatoms. The summed E-state index contributed by atoms with van der Waals surface area (Å²) in [6.45, 7) is 0. The van der Waals surface area contributed by atoms with Crippen molar-refractivity contribution in [2.24, 2.45) is 0 Å². The normalized spacial score (nSPS) is 10.1. The first-order valence-corrected chi connectivity index (χ1v) is 8.77.